The summed E-state index contributed by atoms with van der Waals surface area (Å²) in [6.07, 6.45) is -0.443. The minimum absolute atomic E-state index is 0.282. The Kier molecular flexibility index (Phi) is 20.2. The molecule has 1 saturated heterocycles. The summed E-state index contributed by atoms with van der Waals surface area (Å²) < 4.78 is 6.05. The first-order valence-electron chi connectivity index (χ1n) is 23.6. The normalized spacial score (nSPS) is 26.0. The number of aliphatic hydroxyl groups is 3. The predicted molar refractivity (Wildman–Crippen MR) is 253 cm³/mol. The van der Waals surface area contributed by atoms with Crippen LogP contribution in [0.3, 0.4) is 0 Å². The molecule has 9 amide bonds. The Morgan fingerprint density at radius 3 is 2.24 bits per heavy atom. The first-order chi connectivity index (χ1) is 33.3. The number of benzene rings is 1. The van der Waals surface area contributed by atoms with Crippen LogP contribution in [0.5, 0.6) is 5.75 Å². The van der Waals surface area contributed by atoms with Crippen LogP contribution in [-0.2, 0) is 49.6 Å². The number of fused-ring (bicyclic) bond motifs is 5. The van der Waals surface area contributed by atoms with E-state index in [0.29, 0.717) is 46.8 Å². The van der Waals surface area contributed by atoms with Gasteiger partial charge in [0, 0.05) is 42.5 Å². The average Bonchev–Trinajstić information content (AvgIpc) is 3.89. The number of aliphatic hydroxyl groups excluding tert-OH is 3. The molecule has 24 nitrogen and oxygen atoms in total. The minimum Gasteiger partial charge on any atom is -0.494 e. The molecule has 70 heavy (non-hydrogen) atoms. The molecule has 4 heterocycles. The number of carbonyl (C=O) groups excluding carboxylic acids is 9. The Labute approximate surface area is 408 Å². The second-order valence-corrected chi connectivity index (χ2v) is 19.0. The number of nitrogens with one attached hydrogen (secondary N) is 8. The summed E-state index contributed by atoms with van der Waals surface area (Å²) in [5.41, 5.74) is 12.1. The molecule has 2 bridgehead atoms. The fourth-order valence-electron chi connectivity index (χ4n) is 8.43. The van der Waals surface area contributed by atoms with Gasteiger partial charge in [-0.1, -0.05) is 40.0 Å². The van der Waals surface area contributed by atoms with Gasteiger partial charge in [-0.05, 0) is 43.0 Å². The van der Waals surface area contributed by atoms with Crippen LogP contribution in [0.1, 0.15) is 71.3 Å². The number of nitrogens with zero attached hydrogens (tertiary/aromatic N) is 1. The molecule has 2 aromatic rings. The van der Waals surface area contributed by atoms with Crippen molar-refractivity contribution in [1.29, 1.82) is 0 Å². The Hall–Kier alpha value is -6.02. The van der Waals surface area contributed by atoms with Crippen molar-refractivity contribution in [2.75, 3.05) is 45.1 Å². The lowest BCUT2D eigenvalue weighted by molar-refractivity contribution is -0.144. The minimum atomic E-state index is -1.74. The molecule has 0 spiro atoms. The maximum atomic E-state index is 14.6. The molecule has 1 aromatic carbocycles. The van der Waals surface area contributed by atoms with E-state index in [4.69, 9.17) is 16.2 Å². The van der Waals surface area contributed by atoms with Gasteiger partial charge in [0.05, 0.1) is 55.5 Å². The highest BCUT2D eigenvalue weighted by molar-refractivity contribution is 7.99. The monoisotopic (exact) mass is 1000 g/mol. The SMILES string of the molecule is CC[C@H](C)[C@@H]1NC(=O)CNC(=O)C2Cc3c([nH]c4cc(OCCCCCCN)ccc34)SCC(NC(=O)CNC1=O)C(=O)N[C@@H](CC(N)=O)C(=O)N1CC(O)C[C@H]1C(=O)N[C@@H]([C@@H](C)[C@@H](O)CO)C(=O)N2. The second kappa shape index (κ2) is 25.7. The molecule has 0 saturated carbocycles. The summed E-state index contributed by atoms with van der Waals surface area (Å²) in [7, 11) is 0. The smallest absolute Gasteiger partial charge is 0.246 e. The number of aromatic nitrogens is 1. The van der Waals surface area contributed by atoms with Crippen LogP contribution in [0, 0.1) is 11.8 Å². The molecular weight excluding hydrogens is 935 g/mol. The van der Waals surface area contributed by atoms with Crippen molar-refractivity contribution >= 4 is 75.8 Å². The van der Waals surface area contributed by atoms with Crippen LogP contribution in [0.2, 0.25) is 0 Å². The van der Waals surface area contributed by atoms with E-state index in [1.54, 1.807) is 32.0 Å². The van der Waals surface area contributed by atoms with Crippen LogP contribution >= 0.6 is 11.8 Å². The molecule has 0 aliphatic carbocycles. The van der Waals surface area contributed by atoms with E-state index in [-0.39, 0.29) is 18.6 Å². The summed E-state index contributed by atoms with van der Waals surface area (Å²) >= 11 is 1.01. The van der Waals surface area contributed by atoms with Crippen LogP contribution in [0.25, 0.3) is 10.9 Å². The number of H-pyrrole nitrogens is 1. The van der Waals surface area contributed by atoms with E-state index >= 15 is 0 Å². The average molecular weight is 1000 g/mol. The number of rotatable bonds is 14. The molecule has 1 aromatic heterocycles. The third-order valence-electron chi connectivity index (χ3n) is 12.7. The lowest BCUT2D eigenvalue weighted by Crippen LogP contribution is -2.62. The molecule has 5 rings (SSSR count). The fourth-order valence-corrected chi connectivity index (χ4v) is 9.55. The second-order valence-electron chi connectivity index (χ2n) is 18.0. The largest absolute Gasteiger partial charge is 0.494 e. The molecule has 3 aliphatic rings. The van der Waals surface area contributed by atoms with Crippen LogP contribution in [-0.4, -0.2) is 172 Å². The summed E-state index contributed by atoms with van der Waals surface area (Å²) in [6, 6.07) is -4.05. The maximum absolute atomic E-state index is 14.6. The molecule has 3 aliphatic heterocycles. The van der Waals surface area contributed by atoms with Crippen LogP contribution < -0.4 is 53.4 Å². The van der Waals surface area contributed by atoms with E-state index in [9.17, 15) is 58.5 Å². The van der Waals surface area contributed by atoms with Crippen LogP contribution in [0.4, 0.5) is 0 Å². The summed E-state index contributed by atoms with van der Waals surface area (Å²) in [4.78, 5) is 129. The van der Waals surface area contributed by atoms with Gasteiger partial charge in [-0.2, -0.15) is 0 Å². The predicted octanol–water partition coefficient (Wildman–Crippen LogP) is -3.74. The number of thioether (sulfide) groups is 1. The van der Waals surface area contributed by atoms with Crippen molar-refractivity contribution in [2.24, 2.45) is 23.3 Å². The summed E-state index contributed by atoms with van der Waals surface area (Å²) in [6.45, 7) is 3.16. The first-order valence-corrected chi connectivity index (χ1v) is 24.5. The van der Waals surface area contributed by atoms with E-state index in [2.05, 4.69) is 42.2 Å². The molecular formula is C45H67N11O13S. The third kappa shape index (κ3) is 14.5. The number of hydrogen-bond donors (Lipinski definition) is 13. The van der Waals surface area contributed by atoms with Gasteiger partial charge in [-0.15, -0.1) is 11.8 Å². The Balaban J connectivity index is 1.69. The zero-order valence-electron chi connectivity index (χ0n) is 39.5. The van der Waals surface area contributed by atoms with Gasteiger partial charge in [-0.25, -0.2) is 0 Å². The van der Waals surface area contributed by atoms with Gasteiger partial charge >= 0.3 is 0 Å². The van der Waals surface area contributed by atoms with Crippen molar-refractivity contribution in [3.8, 4) is 5.75 Å². The molecule has 386 valence electrons. The Bertz CT molecular complexity index is 2250. The van der Waals surface area contributed by atoms with E-state index < -0.39 is 146 Å². The fraction of sp³-hybridized carbons (Fsp3) is 0.622. The van der Waals surface area contributed by atoms with Crippen LogP contribution in [0.15, 0.2) is 23.2 Å². The van der Waals surface area contributed by atoms with Gasteiger partial charge in [0.1, 0.15) is 42.0 Å². The molecule has 10 atom stereocenters. The third-order valence-corrected chi connectivity index (χ3v) is 13.9. The molecule has 15 N–H and O–H groups in total. The highest BCUT2D eigenvalue weighted by Gasteiger charge is 2.45. The van der Waals surface area contributed by atoms with Crippen molar-refractivity contribution in [3.63, 3.8) is 0 Å². The number of amides is 9. The number of ether oxygens (including phenoxy) is 1. The Morgan fingerprint density at radius 2 is 1.56 bits per heavy atom. The van der Waals surface area contributed by atoms with Gasteiger partial charge < -0.3 is 78.6 Å². The van der Waals surface area contributed by atoms with Crippen molar-refractivity contribution < 1.29 is 63.2 Å². The lowest BCUT2D eigenvalue weighted by Gasteiger charge is -2.32. The molecule has 0 radical (unpaired) electrons. The highest BCUT2D eigenvalue weighted by atomic mass is 32.2. The molecule has 3 unspecified atom stereocenters. The van der Waals surface area contributed by atoms with Gasteiger partial charge in [0.15, 0.2) is 0 Å². The number of hydrogen-bond acceptors (Lipinski definition) is 15. The summed E-state index contributed by atoms with van der Waals surface area (Å²) in [5, 5.41) is 50.3. The van der Waals surface area contributed by atoms with Crippen molar-refractivity contribution in [1.82, 2.24) is 47.1 Å². The zero-order chi connectivity index (χ0) is 51.2. The topological polar surface area (TPSA) is 379 Å². The molecule has 25 heteroatoms. The maximum Gasteiger partial charge on any atom is 0.246 e. The number of nitrogens with two attached hydrogens (primary N) is 2. The standard InChI is InChI=1S/C45H67N11O13S/c1-4-22(2)37-42(66)49-17-35(61)50-31-21-70-44-27(26-10-9-25(14-28(26)53-44)69-12-8-6-5-7-11-46)15-29(39(63)48-18-36(62)54-37)51-43(67)38(23(3)33(59)20-57)55-41(65)32-13-24(58)19-56(32)45(68)30(16-34(47)60)52-40(31)64/h9-10,14,22-24,29-33,37-38,53,57-59H,4-8,11-13,15-21,46H2,1-3H3,(H2,47,60)(H,48,63)(H,49,66)(H,50,61)(H,51,67)(H,52,64)(H,54,62)(H,55,65)/t22-,23-,24?,29?,30-,31?,32-,33-,37-,38-/m0/s1. The van der Waals surface area contributed by atoms with E-state index in [1.807, 2.05) is 0 Å². The van der Waals surface area contributed by atoms with Crippen molar-refractivity contribution in [3.05, 3.63) is 23.8 Å². The van der Waals surface area contributed by atoms with E-state index in [0.717, 1.165) is 42.3 Å². The number of primary amides is 1. The molecule has 1 fully saturated rings. The summed E-state index contributed by atoms with van der Waals surface area (Å²) in [5.74, 6) is -9.85. The number of unbranched alkanes of at least 4 members (excludes halogenated alkanes) is 3. The first kappa shape index (κ1) is 54.9. The Morgan fingerprint density at radius 1 is 0.857 bits per heavy atom. The van der Waals surface area contributed by atoms with Gasteiger partial charge in [0.25, 0.3) is 0 Å². The highest BCUT2D eigenvalue weighted by Crippen LogP contribution is 2.34. The van der Waals surface area contributed by atoms with Gasteiger partial charge in [0.2, 0.25) is 53.2 Å². The number of aromatic amines is 1. The van der Waals surface area contributed by atoms with Gasteiger partial charge in [-0.3, -0.25) is 43.2 Å². The quantitative estimate of drug-likeness (QED) is 0.0809. The lowest BCUT2D eigenvalue weighted by atomic mass is 9.93. The van der Waals surface area contributed by atoms with E-state index in [1.165, 1.54) is 6.92 Å². The van der Waals surface area contributed by atoms with Crippen molar-refractivity contribution in [2.45, 2.75) is 126 Å². The zero-order valence-corrected chi connectivity index (χ0v) is 40.4. The number of carbonyl (C=O) groups is 9.